The van der Waals surface area contributed by atoms with E-state index in [4.69, 9.17) is 10.5 Å². The zero-order valence-corrected chi connectivity index (χ0v) is 16.5. The Morgan fingerprint density at radius 2 is 1.93 bits per heavy atom. The topological polar surface area (TPSA) is 102 Å². The second-order valence-corrected chi connectivity index (χ2v) is 6.58. The summed E-state index contributed by atoms with van der Waals surface area (Å²) in [4.78, 5) is 20.1. The molecule has 0 radical (unpaired) electrons. The van der Waals surface area contributed by atoms with Gasteiger partial charge in [-0.05, 0) is 43.3 Å². The Morgan fingerprint density at radius 1 is 1.18 bits per heavy atom. The van der Waals surface area contributed by atoms with Gasteiger partial charge in [0.1, 0.15) is 17.8 Å². The van der Waals surface area contributed by atoms with Gasteiger partial charge in [-0.2, -0.15) is 0 Å². The van der Waals surface area contributed by atoms with Crippen molar-refractivity contribution >= 4 is 50.6 Å². The van der Waals surface area contributed by atoms with Crippen molar-refractivity contribution in [3.05, 3.63) is 64.6 Å². The number of ether oxygens (including phenoxy) is 1. The SMILES string of the molecule is CCOC(=O)c1cccc(Nc2ncnc(Nc3ccc(Br)cc3F)c2N)c1. The van der Waals surface area contributed by atoms with Gasteiger partial charge >= 0.3 is 5.97 Å². The van der Waals surface area contributed by atoms with Crippen molar-refractivity contribution in [1.29, 1.82) is 0 Å². The normalized spacial score (nSPS) is 10.4. The van der Waals surface area contributed by atoms with E-state index < -0.39 is 11.8 Å². The number of rotatable bonds is 6. The predicted octanol–water partition coefficient (Wildman–Crippen LogP) is 4.62. The van der Waals surface area contributed by atoms with E-state index in [9.17, 15) is 9.18 Å². The van der Waals surface area contributed by atoms with Crippen LogP contribution in [0.15, 0.2) is 53.3 Å². The molecule has 0 aliphatic heterocycles. The fourth-order valence-electron chi connectivity index (χ4n) is 2.39. The van der Waals surface area contributed by atoms with Gasteiger partial charge in [-0.15, -0.1) is 0 Å². The van der Waals surface area contributed by atoms with Crippen LogP contribution in [0.1, 0.15) is 17.3 Å². The smallest absolute Gasteiger partial charge is 0.338 e. The molecule has 7 nitrogen and oxygen atoms in total. The quantitative estimate of drug-likeness (QED) is 0.475. The first-order valence-corrected chi connectivity index (χ1v) is 9.14. The van der Waals surface area contributed by atoms with Gasteiger partial charge in [-0.25, -0.2) is 19.2 Å². The molecule has 28 heavy (non-hydrogen) atoms. The second-order valence-electron chi connectivity index (χ2n) is 5.66. The number of nitrogens with two attached hydrogens (primary N) is 1. The van der Waals surface area contributed by atoms with Crippen LogP contribution in [0.4, 0.5) is 33.1 Å². The molecule has 3 aromatic rings. The maximum atomic E-state index is 14.1. The van der Waals surface area contributed by atoms with Crippen molar-refractivity contribution in [1.82, 2.24) is 9.97 Å². The van der Waals surface area contributed by atoms with E-state index in [2.05, 4.69) is 36.5 Å². The van der Waals surface area contributed by atoms with Gasteiger partial charge in [-0.3, -0.25) is 0 Å². The molecular formula is C19H17BrFN5O2. The summed E-state index contributed by atoms with van der Waals surface area (Å²) in [6, 6.07) is 11.3. The van der Waals surface area contributed by atoms with E-state index in [0.29, 0.717) is 21.5 Å². The molecule has 0 bridgehead atoms. The number of esters is 1. The zero-order chi connectivity index (χ0) is 20.1. The molecule has 144 valence electrons. The van der Waals surface area contributed by atoms with Crippen molar-refractivity contribution in [2.75, 3.05) is 23.0 Å². The molecule has 9 heteroatoms. The molecule has 0 aliphatic carbocycles. The summed E-state index contributed by atoms with van der Waals surface area (Å²) in [5.41, 5.74) is 7.55. The molecule has 4 N–H and O–H groups in total. The van der Waals surface area contributed by atoms with Crippen LogP contribution < -0.4 is 16.4 Å². The molecule has 0 unspecified atom stereocenters. The lowest BCUT2D eigenvalue weighted by Crippen LogP contribution is -2.07. The number of carbonyl (C=O) groups excluding carboxylic acids is 1. The summed E-state index contributed by atoms with van der Waals surface area (Å²) >= 11 is 3.21. The Bertz CT molecular complexity index is 1020. The molecular weight excluding hydrogens is 429 g/mol. The largest absolute Gasteiger partial charge is 0.462 e. The van der Waals surface area contributed by atoms with Gasteiger partial charge in [0.25, 0.3) is 0 Å². The molecule has 0 amide bonds. The van der Waals surface area contributed by atoms with Crippen LogP contribution in [0, 0.1) is 5.82 Å². The van der Waals surface area contributed by atoms with Gasteiger partial charge in [0.15, 0.2) is 11.6 Å². The van der Waals surface area contributed by atoms with Crippen LogP contribution in [0.3, 0.4) is 0 Å². The Labute approximate surface area is 169 Å². The number of aromatic nitrogens is 2. The monoisotopic (exact) mass is 445 g/mol. The summed E-state index contributed by atoms with van der Waals surface area (Å²) in [7, 11) is 0. The highest BCUT2D eigenvalue weighted by Crippen LogP contribution is 2.30. The minimum absolute atomic E-state index is 0.200. The van der Waals surface area contributed by atoms with Gasteiger partial charge in [-0.1, -0.05) is 22.0 Å². The summed E-state index contributed by atoms with van der Waals surface area (Å²) < 4.78 is 19.7. The van der Waals surface area contributed by atoms with Crippen molar-refractivity contribution < 1.29 is 13.9 Å². The number of hydrogen-bond acceptors (Lipinski definition) is 7. The number of nitrogens with one attached hydrogen (secondary N) is 2. The molecule has 0 atom stereocenters. The Kier molecular flexibility index (Phi) is 6.05. The number of nitrogens with zero attached hydrogens (tertiary/aromatic N) is 2. The fraction of sp³-hybridized carbons (Fsp3) is 0.105. The number of anilines is 5. The third kappa shape index (κ3) is 4.55. The lowest BCUT2D eigenvalue weighted by atomic mass is 10.2. The van der Waals surface area contributed by atoms with Gasteiger partial charge in [0, 0.05) is 10.2 Å². The molecule has 1 aromatic heterocycles. The first kappa shape index (κ1) is 19.6. The number of hydrogen-bond donors (Lipinski definition) is 3. The number of nitrogen functional groups attached to an aromatic ring is 1. The van der Waals surface area contributed by atoms with E-state index in [1.165, 1.54) is 12.4 Å². The van der Waals surface area contributed by atoms with Crippen LogP contribution in [0.2, 0.25) is 0 Å². The van der Waals surface area contributed by atoms with Gasteiger partial charge < -0.3 is 21.1 Å². The van der Waals surface area contributed by atoms with E-state index >= 15 is 0 Å². The predicted molar refractivity (Wildman–Crippen MR) is 110 cm³/mol. The minimum atomic E-state index is -0.455. The van der Waals surface area contributed by atoms with Crippen LogP contribution in [0.5, 0.6) is 0 Å². The third-order valence-corrected chi connectivity index (χ3v) is 4.20. The number of benzene rings is 2. The van der Waals surface area contributed by atoms with Crippen molar-refractivity contribution in [2.45, 2.75) is 6.92 Å². The molecule has 0 aliphatic rings. The molecule has 0 saturated heterocycles. The van der Waals surface area contributed by atoms with E-state index in [-0.39, 0.29) is 23.8 Å². The lowest BCUT2D eigenvalue weighted by molar-refractivity contribution is 0.0526. The maximum absolute atomic E-state index is 14.1. The van der Waals surface area contributed by atoms with Crippen molar-refractivity contribution in [2.24, 2.45) is 0 Å². The first-order chi connectivity index (χ1) is 13.5. The molecule has 3 rings (SSSR count). The summed E-state index contributed by atoms with van der Waals surface area (Å²) in [6.07, 6.45) is 1.30. The molecule has 0 fully saturated rings. The fourth-order valence-corrected chi connectivity index (χ4v) is 2.72. The van der Waals surface area contributed by atoms with E-state index in [1.807, 2.05) is 0 Å². The highest BCUT2D eigenvalue weighted by Gasteiger charge is 2.12. The lowest BCUT2D eigenvalue weighted by Gasteiger charge is -2.13. The Balaban J connectivity index is 1.83. The third-order valence-electron chi connectivity index (χ3n) is 3.70. The van der Waals surface area contributed by atoms with E-state index in [0.717, 1.165) is 0 Å². The molecule has 0 saturated carbocycles. The van der Waals surface area contributed by atoms with Crippen molar-refractivity contribution in [3.63, 3.8) is 0 Å². The van der Waals surface area contributed by atoms with Crippen LogP contribution in [-0.4, -0.2) is 22.5 Å². The second kappa shape index (κ2) is 8.66. The van der Waals surface area contributed by atoms with E-state index in [1.54, 1.807) is 43.3 Å². The first-order valence-electron chi connectivity index (χ1n) is 8.34. The summed E-state index contributed by atoms with van der Waals surface area (Å²) in [6.45, 7) is 2.03. The average molecular weight is 446 g/mol. The van der Waals surface area contributed by atoms with Crippen LogP contribution in [0.25, 0.3) is 0 Å². The molecule has 2 aromatic carbocycles. The number of halogens is 2. The minimum Gasteiger partial charge on any atom is -0.462 e. The molecule has 1 heterocycles. The molecule has 0 spiro atoms. The number of carbonyl (C=O) groups is 1. The van der Waals surface area contributed by atoms with Gasteiger partial charge in [0.2, 0.25) is 0 Å². The van der Waals surface area contributed by atoms with Crippen molar-refractivity contribution in [3.8, 4) is 0 Å². The van der Waals surface area contributed by atoms with Gasteiger partial charge in [0.05, 0.1) is 17.9 Å². The zero-order valence-electron chi connectivity index (χ0n) is 14.9. The average Bonchev–Trinajstić information content (AvgIpc) is 2.67. The Hall–Kier alpha value is -3.20. The Morgan fingerprint density at radius 3 is 2.64 bits per heavy atom. The maximum Gasteiger partial charge on any atom is 0.338 e. The van der Waals surface area contributed by atoms with Crippen LogP contribution >= 0.6 is 15.9 Å². The van der Waals surface area contributed by atoms with Crippen LogP contribution in [-0.2, 0) is 4.74 Å². The summed E-state index contributed by atoms with van der Waals surface area (Å²) in [5.74, 6) is -0.310. The highest BCUT2D eigenvalue weighted by atomic mass is 79.9. The summed E-state index contributed by atoms with van der Waals surface area (Å²) in [5, 5.41) is 5.89. The standard InChI is InChI=1S/C19H17BrFN5O2/c1-2-28-19(27)11-4-3-5-13(8-11)25-17-16(22)18(24-10-23-17)26-15-7-6-12(20)9-14(15)21/h3-10H,2,22H2,1H3,(H2,23,24,25,26). The highest BCUT2D eigenvalue weighted by molar-refractivity contribution is 9.10.